The molecule has 0 unspecified atom stereocenters. The van der Waals surface area contributed by atoms with Gasteiger partial charge in [-0.15, -0.1) is 0 Å². The molecule has 6 nitrogen and oxygen atoms in total. The van der Waals surface area contributed by atoms with E-state index in [2.05, 4.69) is 4.72 Å². The van der Waals surface area contributed by atoms with Gasteiger partial charge in [0.2, 0.25) is 20.0 Å². The summed E-state index contributed by atoms with van der Waals surface area (Å²) in [6.07, 6.45) is 1.000. The van der Waals surface area contributed by atoms with E-state index in [-0.39, 0.29) is 10.6 Å². The van der Waals surface area contributed by atoms with Crippen LogP contribution in [0.25, 0.3) is 0 Å². The summed E-state index contributed by atoms with van der Waals surface area (Å²) < 4.78 is 49.1. The highest BCUT2D eigenvalue weighted by Crippen LogP contribution is 2.40. The molecule has 0 aliphatic rings. The summed E-state index contributed by atoms with van der Waals surface area (Å²) in [6.45, 7) is 1.52. The number of rotatable bonds is 5. The normalized spacial score (nSPS) is 12.2. The van der Waals surface area contributed by atoms with Crippen molar-refractivity contribution >= 4 is 60.7 Å². The first kappa shape index (κ1) is 20.3. The van der Waals surface area contributed by atoms with Crippen molar-refractivity contribution in [3.63, 3.8) is 0 Å². The van der Waals surface area contributed by atoms with Crippen molar-refractivity contribution in [2.24, 2.45) is 5.14 Å². The molecule has 0 aromatic heterocycles. The topological polar surface area (TPSA) is 106 Å². The molecule has 0 heterocycles. The molecule has 0 saturated carbocycles. The van der Waals surface area contributed by atoms with Crippen LogP contribution in [-0.4, -0.2) is 23.1 Å². The maximum Gasteiger partial charge on any atom is 0.238 e. The van der Waals surface area contributed by atoms with E-state index in [4.69, 9.17) is 28.3 Å². The molecule has 2 aromatic carbocycles. The molecule has 11 heteroatoms. The maximum absolute atomic E-state index is 11.8. The fourth-order valence-electron chi connectivity index (χ4n) is 2.02. The Balaban J connectivity index is 2.63. The Hall–Kier alpha value is -0.970. The van der Waals surface area contributed by atoms with Gasteiger partial charge in [-0.1, -0.05) is 35.0 Å². The van der Waals surface area contributed by atoms with E-state index in [0.717, 1.165) is 18.0 Å². The van der Waals surface area contributed by atoms with E-state index >= 15 is 0 Å². The quantitative estimate of drug-likeness (QED) is 0.739. The first-order chi connectivity index (χ1) is 11.4. The van der Waals surface area contributed by atoms with Crippen LogP contribution >= 0.6 is 35.0 Å². The third kappa shape index (κ3) is 5.50. The van der Waals surface area contributed by atoms with Crippen molar-refractivity contribution in [3.8, 4) is 0 Å². The number of anilines is 1. The molecule has 0 atom stereocenters. The molecule has 0 aliphatic carbocycles. The highest BCUT2D eigenvalue weighted by Gasteiger charge is 2.18. The van der Waals surface area contributed by atoms with Crippen molar-refractivity contribution in [2.75, 3.05) is 11.0 Å². The van der Waals surface area contributed by atoms with E-state index in [1.165, 1.54) is 25.1 Å². The number of nitrogens with one attached hydrogen (secondary N) is 1. The molecule has 136 valence electrons. The molecule has 0 bridgehead atoms. The molecule has 0 fully saturated rings. The fraction of sp³-hybridized carbons (Fsp3) is 0.143. The van der Waals surface area contributed by atoms with Gasteiger partial charge in [0, 0.05) is 14.8 Å². The summed E-state index contributed by atoms with van der Waals surface area (Å²) in [7, 11) is -7.54. The minimum atomic E-state index is -3.97. The van der Waals surface area contributed by atoms with Gasteiger partial charge < -0.3 is 0 Å². The number of nitrogens with two attached hydrogens (primary N) is 1. The SMILES string of the molecule is Cc1cc(NS(C)(=O)=O)c(Sc2ccc(Cl)cc2Cl)cc1S(N)(=O)=O. The number of primary sulfonamides is 1. The van der Waals surface area contributed by atoms with Crippen LogP contribution in [0.3, 0.4) is 0 Å². The average Bonchev–Trinajstić information content (AvgIpc) is 2.41. The molecule has 2 rings (SSSR count). The van der Waals surface area contributed by atoms with Crippen LogP contribution in [0.2, 0.25) is 10.0 Å². The summed E-state index contributed by atoms with van der Waals surface area (Å²) in [5.41, 5.74) is 0.545. The van der Waals surface area contributed by atoms with Gasteiger partial charge in [0.15, 0.2) is 0 Å². The molecule has 0 saturated heterocycles. The summed E-state index contributed by atoms with van der Waals surface area (Å²) in [6, 6.07) is 7.52. The number of hydrogen-bond acceptors (Lipinski definition) is 5. The molecule has 0 amide bonds. The summed E-state index contributed by atoms with van der Waals surface area (Å²) in [5, 5.41) is 6.02. The number of sulfonamides is 2. The molecule has 0 radical (unpaired) electrons. The first-order valence-corrected chi connectivity index (χ1v) is 11.7. The van der Waals surface area contributed by atoms with E-state index in [0.29, 0.717) is 25.4 Å². The van der Waals surface area contributed by atoms with Gasteiger partial charge in [0.1, 0.15) is 0 Å². The molecular weight excluding hydrogens is 427 g/mol. The lowest BCUT2D eigenvalue weighted by molar-refractivity contribution is 0.597. The number of benzene rings is 2. The summed E-state index contributed by atoms with van der Waals surface area (Å²) >= 11 is 13.1. The highest BCUT2D eigenvalue weighted by atomic mass is 35.5. The van der Waals surface area contributed by atoms with Crippen molar-refractivity contribution < 1.29 is 16.8 Å². The Morgan fingerprint density at radius 1 is 1.04 bits per heavy atom. The first-order valence-electron chi connectivity index (χ1n) is 6.65. The highest BCUT2D eigenvalue weighted by molar-refractivity contribution is 7.99. The fourth-order valence-corrected chi connectivity index (χ4v) is 4.96. The van der Waals surface area contributed by atoms with E-state index in [1.807, 2.05) is 0 Å². The summed E-state index contributed by atoms with van der Waals surface area (Å²) in [5.74, 6) is 0. The molecular formula is C14H14Cl2N2O4S3. The maximum atomic E-state index is 11.8. The molecule has 25 heavy (non-hydrogen) atoms. The van der Waals surface area contributed by atoms with Crippen LogP contribution in [0.15, 0.2) is 45.0 Å². The zero-order valence-electron chi connectivity index (χ0n) is 13.1. The van der Waals surface area contributed by atoms with Crippen LogP contribution in [-0.2, 0) is 20.0 Å². The van der Waals surface area contributed by atoms with Crippen molar-refractivity contribution in [3.05, 3.63) is 45.9 Å². The van der Waals surface area contributed by atoms with Crippen molar-refractivity contribution in [1.82, 2.24) is 0 Å². The monoisotopic (exact) mass is 440 g/mol. The molecule has 0 aliphatic heterocycles. The van der Waals surface area contributed by atoms with Gasteiger partial charge in [-0.25, -0.2) is 22.0 Å². The zero-order valence-corrected chi connectivity index (χ0v) is 17.0. The second kappa shape index (κ2) is 7.34. The third-order valence-corrected chi connectivity index (χ3v) is 6.43. The van der Waals surface area contributed by atoms with Gasteiger partial charge in [0.05, 0.1) is 21.9 Å². The second-order valence-corrected chi connectivity index (χ2v) is 10.4. The lowest BCUT2D eigenvalue weighted by Crippen LogP contribution is -2.15. The van der Waals surface area contributed by atoms with Crippen LogP contribution in [0.5, 0.6) is 0 Å². The van der Waals surface area contributed by atoms with Gasteiger partial charge in [0.25, 0.3) is 0 Å². The van der Waals surface area contributed by atoms with Crippen LogP contribution in [0.1, 0.15) is 5.56 Å². The minimum Gasteiger partial charge on any atom is -0.283 e. The van der Waals surface area contributed by atoms with Gasteiger partial charge in [-0.3, -0.25) is 4.72 Å². The van der Waals surface area contributed by atoms with Crippen molar-refractivity contribution in [2.45, 2.75) is 21.6 Å². The third-order valence-electron chi connectivity index (χ3n) is 2.99. The number of aryl methyl sites for hydroxylation is 1. The van der Waals surface area contributed by atoms with Crippen LogP contribution in [0.4, 0.5) is 5.69 Å². The van der Waals surface area contributed by atoms with Gasteiger partial charge in [-0.2, -0.15) is 0 Å². The van der Waals surface area contributed by atoms with Crippen LogP contribution < -0.4 is 9.86 Å². The van der Waals surface area contributed by atoms with Crippen molar-refractivity contribution in [1.29, 1.82) is 0 Å². The largest absolute Gasteiger partial charge is 0.283 e. The number of hydrogen-bond donors (Lipinski definition) is 2. The van der Waals surface area contributed by atoms with E-state index in [1.54, 1.807) is 12.1 Å². The van der Waals surface area contributed by atoms with Gasteiger partial charge in [-0.05, 0) is 42.8 Å². The Morgan fingerprint density at radius 2 is 1.68 bits per heavy atom. The molecule has 0 spiro atoms. The predicted molar refractivity (Wildman–Crippen MR) is 102 cm³/mol. The smallest absolute Gasteiger partial charge is 0.238 e. The van der Waals surface area contributed by atoms with Crippen LogP contribution in [0, 0.1) is 6.92 Å². The Kier molecular flexibility index (Phi) is 5.97. The van der Waals surface area contributed by atoms with E-state index in [9.17, 15) is 16.8 Å². The molecule has 3 N–H and O–H groups in total. The second-order valence-electron chi connectivity index (χ2n) is 5.21. The standard InChI is InChI=1S/C14H14Cl2N2O4S3/c1-8-5-11(18-24(2,19)20)13(7-14(8)25(17,21)22)23-12-4-3-9(15)6-10(12)16/h3-7,18H,1-2H3,(H2,17,21,22). The summed E-state index contributed by atoms with van der Waals surface area (Å²) in [4.78, 5) is 0.815. The lowest BCUT2D eigenvalue weighted by atomic mass is 10.2. The average molecular weight is 441 g/mol. The number of halogens is 2. The molecule has 2 aromatic rings. The Morgan fingerprint density at radius 3 is 2.20 bits per heavy atom. The minimum absolute atomic E-state index is 0.0980. The Bertz CT molecular complexity index is 1040. The Labute approximate surface area is 160 Å². The van der Waals surface area contributed by atoms with E-state index < -0.39 is 20.0 Å². The predicted octanol–water partition coefficient (Wildman–Crippen LogP) is 3.47. The lowest BCUT2D eigenvalue weighted by Gasteiger charge is -2.15. The van der Waals surface area contributed by atoms with Gasteiger partial charge >= 0.3 is 0 Å². The zero-order chi connectivity index (χ0) is 19.0.